The smallest absolute Gasteiger partial charge is 0.295 e. The van der Waals surface area contributed by atoms with Crippen molar-refractivity contribution in [2.24, 2.45) is 0 Å². The Labute approximate surface area is 186 Å². The highest BCUT2D eigenvalue weighted by Crippen LogP contribution is 2.38. The molecule has 2 aliphatic heterocycles. The monoisotopic (exact) mass is 438 g/mol. The van der Waals surface area contributed by atoms with Gasteiger partial charge in [0.05, 0.1) is 25.8 Å². The molecule has 2 fully saturated rings. The summed E-state index contributed by atoms with van der Waals surface area (Å²) in [5.74, 6) is -2.33. The number of morpholine rings is 1. The number of nitrogens with zero attached hydrogens (tertiary/aromatic N) is 1. The Balaban J connectivity index is 1.66. The molecule has 0 aromatic heterocycles. The number of ether oxygens (including phenoxy) is 1. The van der Waals surface area contributed by atoms with Gasteiger partial charge in [0.15, 0.2) is 0 Å². The molecular weight excluding hydrogens is 411 g/mol. The molecule has 32 heavy (non-hydrogen) atoms. The molecule has 1 N–H and O–H groups in total. The van der Waals surface area contributed by atoms with Crippen LogP contribution >= 0.6 is 0 Å². The van der Waals surface area contributed by atoms with E-state index in [2.05, 4.69) is 0 Å². The molecule has 2 heterocycles. The number of ketones is 1. The van der Waals surface area contributed by atoms with Crippen LogP contribution in [0.4, 0.5) is 4.39 Å². The molecule has 4 rings (SSSR count). The number of Topliss-reactive ketones (excluding diaryl/α,β-unsaturated/α-hetero) is 1. The molecule has 0 spiro atoms. The maximum atomic E-state index is 13.6. The third kappa shape index (κ3) is 4.59. The Kier molecular flexibility index (Phi) is 6.67. The maximum Gasteiger partial charge on any atom is 0.295 e. The van der Waals surface area contributed by atoms with Crippen LogP contribution in [0.1, 0.15) is 29.2 Å². The van der Waals surface area contributed by atoms with E-state index in [4.69, 9.17) is 4.74 Å². The number of quaternary nitrogens is 1. The predicted molar refractivity (Wildman–Crippen MR) is 115 cm³/mol. The second kappa shape index (κ2) is 9.63. The van der Waals surface area contributed by atoms with Crippen molar-refractivity contribution in [3.8, 4) is 0 Å². The fourth-order valence-electron chi connectivity index (χ4n) is 4.36. The number of carbonyl (C=O) groups is 2. The fourth-order valence-corrected chi connectivity index (χ4v) is 4.36. The summed E-state index contributed by atoms with van der Waals surface area (Å²) in [5, 5.41) is 13.3. The Bertz CT molecular complexity index is 1010. The van der Waals surface area contributed by atoms with Crippen LogP contribution in [0, 0.1) is 12.7 Å². The summed E-state index contributed by atoms with van der Waals surface area (Å²) in [6, 6.07) is 11.7. The first-order valence-corrected chi connectivity index (χ1v) is 11.0. The molecule has 6 nitrogen and oxygen atoms in total. The Morgan fingerprint density at radius 2 is 1.75 bits per heavy atom. The Morgan fingerprint density at radius 1 is 1.09 bits per heavy atom. The number of rotatable bonds is 6. The third-order valence-corrected chi connectivity index (χ3v) is 6.16. The average Bonchev–Trinajstić information content (AvgIpc) is 3.05. The van der Waals surface area contributed by atoms with Gasteiger partial charge in [0, 0.05) is 18.5 Å². The first-order valence-electron chi connectivity index (χ1n) is 11.0. The molecule has 2 aromatic rings. The van der Waals surface area contributed by atoms with Gasteiger partial charge in [-0.25, -0.2) is 4.39 Å². The van der Waals surface area contributed by atoms with Gasteiger partial charge in [-0.3, -0.25) is 9.59 Å². The number of hydrogen-bond donors (Lipinski definition) is 1. The third-order valence-electron chi connectivity index (χ3n) is 6.16. The van der Waals surface area contributed by atoms with Crippen LogP contribution in [0.3, 0.4) is 0 Å². The molecule has 0 saturated carbocycles. The summed E-state index contributed by atoms with van der Waals surface area (Å²) in [4.78, 5) is 28.8. The van der Waals surface area contributed by atoms with E-state index in [0.717, 1.165) is 38.4 Å². The molecule has 0 bridgehead atoms. The molecule has 0 radical (unpaired) electrons. The topological polar surface area (TPSA) is 74.1 Å². The highest BCUT2D eigenvalue weighted by Gasteiger charge is 2.44. The summed E-state index contributed by atoms with van der Waals surface area (Å²) in [6.45, 7) is 6.37. The number of amides is 1. The second-order valence-corrected chi connectivity index (χ2v) is 8.36. The maximum absolute atomic E-state index is 13.6. The molecule has 1 amide bonds. The van der Waals surface area contributed by atoms with Gasteiger partial charge < -0.3 is 19.6 Å². The molecule has 168 valence electrons. The number of hydrogen-bond acceptors (Lipinski definition) is 4. The quantitative estimate of drug-likeness (QED) is 0.409. The lowest BCUT2D eigenvalue weighted by atomic mass is 9.95. The molecule has 2 saturated heterocycles. The number of aryl methyl sites for hydroxylation is 1. The summed E-state index contributed by atoms with van der Waals surface area (Å²) in [6.07, 6.45) is 0.693. The van der Waals surface area contributed by atoms with Gasteiger partial charge in [0.2, 0.25) is 5.78 Å². The number of carbonyl (C=O) groups excluding carboxylic acids is 2. The van der Waals surface area contributed by atoms with Crippen molar-refractivity contribution in [3.63, 3.8) is 0 Å². The summed E-state index contributed by atoms with van der Waals surface area (Å²) in [7, 11) is 0. The number of halogens is 1. The first kappa shape index (κ1) is 22.2. The van der Waals surface area contributed by atoms with Crippen LogP contribution in [-0.2, 0) is 14.3 Å². The van der Waals surface area contributed by atoms with E-state index >= 15 is 0 Å². The zero-order valence-electron chi connectivity index (χ0n) is 18.1. The van der Waals surface area contributed by atoms with Crippen molar-refractivity contribution in [1.82, 2.24) is 4.90 Å². The molecule has 7 heteroatoms. The van der Waals surface area contributed by atoms with Crippen molar-refractivity contribution < 1.29 is 28.7 Å². The van der Waals surface area contributed by atoms with E-state index in [0.29, 0.717) is 24.1 Å². The van der Waals surface area contributed by atoms with Gasteiger partial charge in [-0.2, -0.15) is 0 Å². The molecule has 2 aromatic carbocycles. The minimum Gasteiger partial charge on any atom is -0.872 e. The Hall–Kier alpha value is -3.03. The van der Waals surface area contributed by atoms with Crippen molar-refractivity contribution in [3.05, 3.63) is 76.6 Å². The minimum atomic E-state index is -0.816. The van der Waals surface area contributed by atoms with E-state index < -0.39 is 29.3 Å². The van der Waals surface area contributed by atoms with Gasteiger partial charge in [0.1, 0.15) is 18.9 Å². The standard InChI is InChI=1S/C25H27FN2O4/c1-17-3-5-19(6-4-17)23(29)21-22(18-7-9-20(26)10-8-18)28(25(31)24(21)30)12-2-11-27-13-15-32-16-14-27/h3-10,22,29H,2,11-16H2,1H3/b23-21+. The minimum absolute atomic E-state index is 0.0656. The van der Waals surface area contributed by atoms with Gasteiger partial charge in [-0.1, -0.05) is 47.7 Å². The second-order valence-electron chi connectivity index (χ2n) is 8.36. The summed E-state index contributed by atoms with van der Waals surface area (Å²) in [5.41, 5.74) is 1.84. The van der Waals surface area contributed by atoms with Crippen LogP contribution in [0.25, 0.3) is 5.76 Å². The van der Waals surface area contributed by atoms with Crippen LogP contribution < -0.4 is 10.0 Å². The number of likely N-dealkylation sites (tertiary alicyclic amines) is 1. The van der Waals surface area contributed by atoms with Crippen LogP contribution in [0.15, 0.2) is 54.1 Å². The van der Waals surface area contributed by atoms with Crippen molar-refractivity contribution in [1.29, 1.82) is 0 Å². The fraction of sp³-hybridized carbons (Fsp3) is 0.360. The predicted octanol–water partition coefficient (Wildman–Crippen LogP) is 0.663. The van der Waals surface area contributed by atoms with Crippen LogP contribution in [-0.4, -0.2) is 56.0 Å². The number of nitrogens with one attached hydrogen (secondary N) is 1. The van der Waals surface area contributed by atoms with Crippen LogP contribution in [0.2, 0.25) is 0 Å². The van der Waals surface area contributed by atoms with Crippen molar-refractivity contribution in [2.45, 2.75) is 19.4 Å². The molecular formula is C25H27FN2O4. The van der Waals surface area contributed by atoms with E-state index in [9.17, 15) is 19.1 Å². The van der Waals surface area contributed by atoms with Crippen molar-refractivity contribution in [2.75, 3.05) is 39.4 Å². The lowest BCUT2D eigenvalue weighted by molar-refractivity contribution is -0.908. The molecule has 0 aliphatic carbocycles. The summed E-state index contributed by atoms with van der Waals surface area (Å²) >= 11 is 0. The van der Waals surface area contributed by atoms with E-state index in [1.165, 1.54) is 34.1 Å². The zero-order chi connectivity index (χ0) is 22.7. The molecule has 1 atom stereocenters. The van der Waals surface area contributed by atoms with Crippen LogP contribution in [0.5, 0.6) is 0 Å². The lowest BCUT2D eigenvalue weighted by Crippen LogP contribution is -3.14. The first-order chi connectivity index (χ1) is 15.5. The van der Waals surface area contributed by atoms with Gasteiger partial charge in [-0.05, 0) is 30.2 Å². The SMILES string of the molecule is Cc1ccc(/C([O-])=C2\C(=O)C(=O)N(CCC[NH+]3CCOCC3)C2c2ccc(F)cc2)cc1. The Morgan fingerprint density at radius 3 is 2.41 bits per heavy atom. The van der Waals surface area contributed by atoms with Gasteiger partial charge >= 0.3 is 0 Å². The normalized spacial score (nSPS) is 21.3. The largest absolute Gasteiger partial charge is 0.872 e. The van der Waals surface area contributed by atoms with E-state index in [-0.39, 0.29) is 5.57 Å². The molecule has 2 aliphatic rings. The van der Waals surface area contributed by atoms with Gasteiger partial charge in [0.25, 0.3) is 5.91 Å². The molecule has 1 unspecified atom stereocenters. The summed E-state index contributed by atoms with van der Waals surface area (Å²) < 4.78 is 18.9. The highest BCUT2D eigenvalue weighted by atomic mass is 19.1. The van der Waals surface area contributed by atoms with E-state index in [1.807, 2.05) is 6.92 Å². The van der Waals surface area contributed by atoms with Gasteiger partial charge in [-0.15, -0.1) is 0 Å². The van der Waals surface area contributed by atoms with Crippen molar-refractivity contribution >= 4 is 17.4 Å². The zero-order valence-corrected chi connectivity index (χ0v) is 18.1. The average molecular weight is 438 g/mol. The van der Waals surface area contributed by atoms with E-state index in [1.54, 1.807) is 24.3 Å². The number of benzene rings is 2. The lowest BCUT2D eigenvalue weighted by Gasteiger charge is -2.29. The highest BCUT2D eigenvalue weighted by molar-refractivity contribution is 6.46.